The molecule has 1 heterocycles. The molecule has 1 aliphatic heterocycles. The second kappa shape index (κ2) is 7.24. The van der Waals surface area contributed by atoms with Crippen LogP contribution in [-0.4, -0.2) is 50.3 Å². The summed E-state index contributed by atoms with van der Waals surface area (Å²) < 4.78 is 28.8. The third kappa shape index (κ3) is 4.98. The first-order chi connectivity index (χ1) is 9.97. The molecule has 5 nitrogen and oxygen atoms in total. The molecule has 0 aliphatic carbocycles. The number of sulfone groups is 1. The maximum absolute atomic E-state index is 11.6. The summed E-state index contributed by atoms with van der Waals surface area (Å²) in [7, 11) is -2.92. The van der Waals surface area contributed by atoms with Gasteiger partial charge in [-0.2, -0.15) is 0 Å². The Hall–Kier alpha value is -1.11. The summed E-state index contributed by atoms with van der Waals surface area (Å²) in [6.45, 7) is 2.93. The van der Waals surface area contributed by atoms with Gasteiger partial charge in [0.1, 0.15) is 18.5 Å². The normalized spacial score (nSPS) is 22.1. The average Bonchev–Trinajstić information content (AvgIpc) is 2.77. The van der Waals surface area contributed by atoms with Crippen molar-refractivity contribution in [3.63, 3.8) is 0 Å². The zero-order valence-corrected chi connectivity index (χ0v) is 13.1. The lowest BCUT2D eigenvalue weighted by atomic mass is 10.2. The topological polar surface area (TPSA) is 75.6 Å². The second-order valence-electron chi connectivity index (χ2n) is 5.57. The first-order valence-corrected chi connectivity index (χ1v) is 8.99. The van der Waals surface area contributed by atoms with E-state index in [4.69, 9.17) is 4.74 Å². The van der Waals surface area contributed by atoms with E-state index in [-0.39, 0.29) is 11.9 Å². The fourth-order valence-corrected chi connectivity index (χ4v) is 4.18. The molecule has 21 heavy (non-hydrogen) atoms. The highest BCUT2D eigenvalue weighted by molar-refractivity contribution is 7.92. The molecule has 1 aliphatic rings. The molecule has 118 valence electrons. The SMILES string of the molecule is Cc1ccc(OCC(O)CNCC2CCCS2(=O)=O)cc1. The Balaban J connectivity index is 1.66. The van der Waals surface area contributed by atoms with Crippen molar-refractivity contribution in [2.75, 3.05) is 25.4 Å². The summed E-state index contributed by atoms with van der Waals surface area (Å²) in [6, 6.07) is 7.62. The van der Waals surface area contributed by atoms with Crippen molar-refractivity contribution in [2.24, 2.45) is 0 Å². The minimum atomic E-state index is -2.92. The van der Waals surface area contributed by atoms with Gasteiger partial charge < -0.3 is 15.2 Å². The Labute approximate surface area is 126 Å². The summed E-state index contributed by atoms with van der Waals surface area (Å²) in [5.74, 6) is 1.01. The van der Waals surface area contributed by atoms with E-state index in [1.165, 1.54) is 0 Å². The number of benzene rings is 1. The number of aliphatic hydroxyl groups excluding tert-OH is 1. The number of rotatable bonds is 7. The summed E-state index contributed by atoms with van der Waals surface area (Å²) in [6.07, 6.45) is 0.800. The monoisotopic (exact) mass is 313 g/mol. The maximum Gasteiger partial charge on any atom is 0.154 e. The lowest BCUT2D eigenvalue weighted by molar-refractivity contribution is 0.106. The van der Waals surface area contributed by atoms with Crippen LogP contribution in [0.3, 0.4) is 0 Å². The summed E-state index contributed by atoms with van der Waals surface area (Å²) in [5, 5.41) is 12.5. The number of hydrogen-bond acceptors (Lipinski definition) is 5. The molecule has 2 atom stereocenters. The van der Waals surface area contributed by atoms with Gasteiger partial charge in [0.05, 0.1) is 11.0 Å². The Morgan fingerprint density at radius 2 is 2.10 bits per heavy atom. The predicted octanol–water partition coefficient (Wildman–Crippen LogP) is 0.902. The lowest BCUT2D eigenvalue weighted by Gasteiger charge is -2.15. The Morgan fingerprint density at radius 3 is 2.71 bits per heavy atom. The standard InChI is InChI=1S/C15H23NO4S/c1-12-4-6-14(7-5-12)20-11-13(17)9-16-10-15-3-2-8-21(15,18)19/h4-7,13,15-17H,2-3,8-11H2,1H3. The molecular formula is C15H23NO4S. The quantitative estimate of drug-likeness (QED) is 0.782. The van der Waals surface area contributed by atoms with Gasteiger partial charge in [-0.3, -0.25) is 0 Å². The van der Waals surface area contributed by atoms with Crippen LogP contribution in [-0.2, 0) is 9.84 Å². The molecule has 0 spiro atoms. The molecule has 0 saturated carbocycles. The molecule has 0 bridgehead atoms. The van der Waals surface area contributed by atoms with Gasteiger partial charge >= 0.3 is 0 Å². The zero-order valence-electron chi connectivity index (χ0n) is 12.3. The molecule has 2 N–H and O–H groups in total. The Bertz CT molecular complexity index is 541. The van der Waals surface area contributed by atoms with E-state index in [1.807, 2.05) is 31.2 Å². The van der Waals surface area contributed by atoms with E-state index in [0.717, 1.165) is 17.7 Å². The minimum absolute atomic E-state index is 0.188. The van der Waals surface area contributed by atoms with Crippen LogP contribution in [0.4, 0.5) is 0 Å². The number of hydrogen-bond donors (Lipinski definition) is 2. The summed E-state index contributed by atoms with van der Waals surface area (Å²) in [4.78, 5) is 0. The van der Waals surface area contributed by atoms with E-state index in [0.29, 0.717) is 25.3 Å². The maximum atomic E-state index is 11.6. The fourth-order valence-electron chi connectivity index (χ4n) is 2.38. The summed E-state index contributed by atoms with van der Waals surface area (Å²) >= 11 is 0. The highest BCUT2D eigenvalue weighted by Gasteiger charge is 2.30. The third-order valence-electron chi connectivity index (χ3n) is 3.68. The number of nitrogens with one attached hydrogen (secondary N) is 1. The molecule has 0 aromatic heterocycles. The van der Waals surface area contributed by atoms with Crippen LogP contribution >= 0.6 is 0 Å². The van der Waals surface area contributed by atoms with Gasteiger partial charge in [-0.1, -0.05) is 17.7 Å². The molecule has 1 aromatic carbocycles. The molecule has 1 aromatic rings. The minimum Gasteiger partial charge on any atom is -0.491 e. The third-order valence-corrected chi connectivity index (χ3v) is 5.95. The zero-order chi connectivity index (χ0) is 15.3. The van der Waals surface area contributed by atoms with E-state index < -0.39 is 15.9 Å². The molecule has 2 rings (SSSR count). The van der Waals surface area contributed by atoms with Gasteiger partial charge in [0.15, 0.2) is 9.84 Å². The Morgan fingerprint density at radius 1 is 1.38 bits per heavy atom. The van der Waals surface area contributed by atoms with Crippen molar-refractivity contribution >= 4 is 9.84 Å². The fraction of sp³-hybridized carbons (Fsp3) is 0.600. The largest absolute Gasteiger partial charge is 0.491 e. The molecule has 1 fully saturated rings. The predicted molar refractivity (Wildman–Crippen MR) is 82.4 cm³/mol. The summed E-state index contributed by atoms with van der Waals surface area (Å²) in [5.41, 5.74) is 1.15. The van der Waals surface area contributed by atoms with Gasteiger partial charge in [0.25, 0.3) is 0 Å². The molecule has 2 unspecified atom stereocenters. The van der Waals surface area contributed by atoms with Crippen molar-refractivity contribution in [3.05, 3.63) is 29.8 Å². The van der Waals surface area contributed by atoms with E-state index in [2.05, 4.69) is 5.32 Å². The van der Waals surface area contributed by atoms with Gasteiger partial charge in [0, 0.05) is 13.1 Å². The highest BCUT2D eigenvalue weighted by atomic mass is 32.2. The van der Waals surface area contributed by atoms with Gasteiger partial charge in [-0.15, -0.1) is 0 Å². The lowest BCUT2D eigenvalue weighted by Crippen LogP contribution is -2.37. The number of aliphatic hydroxyl groups is 1. The van der Waals surface area contributed by atoms with Crippen molar-refractivity contribution in [2.45, 2.75) is 31.1 Å². The first kappa shape index (κ1) is 16.3. The van der Waals surface area contributed by atoms with Gasteiger partial charge in [0.2, 0.25) is 0 Å². The van der Waals surface area contributed by atoms with E-state index >= 15 is 0 Å². The molecule has 6 heteroatoms. The molecule has 1 saturated heterocycles. The van der Waals surface area contributed by atoms with E-state index in [9.17, 15) is 13.5 Å². The average molecular weight is 313 g/mol. The molecule has 0 radical (unpaired) electrons. The van der Waals surface area contributed by atoms with Crippen LogP contribution in [0.1, 0.15) is 18.4 Å². The van der Waals surface area contributed by atoms with Crippen molar-refractivity contribution in [1.29, 1.82) is 0 Å². The van der Waals surface area contributed by atoms with E-state index in [1.54, 1.807) is 0 Å². The van der Waals surface area contributed by atoms with Crippen LogP contribution in [0.25, 0.3) is 0 Å². The van der Waals surface area contributed by atoms with Gasteiger partial charge in [-0.25, -0.2) is 8.42 Å². The number of ether oxygens (including phenoxy) is 1. The van der Waals surface area contributed by atoms with Crippen molar-refractivity contribution in [1.82, 2.24) is 5.32 Å². The second-order valence-corrected chi connectivity index (χ2v) is 7.97. The molecular weight excluding hydrogens is 290 g/mol. The van der Waals surface area contributed by atoms with Crippen LogP contribution in [0.2, 0.25) is 0 Å². The number of aryl methyl sites for hydroxylation is 1. The molecule has 0 amide bonds. The Kier molecular flexibility index (Phi) is 5.61. The van der Waals surface area contributed by atoms with Crippen molar-refractivity contribution in [3.8, 4) is 5.75 Å². The van der Waals surface area contributed by atoms with Gasteiger partial charge in [-0.05, 0) is 31.9 Å². The first-order valence-electron chi connectivity index (χ1n) is 7.27. The van der Waals surface area contributed by atoms with Crippen LogP contribution < -0.4 is 10.1 Å². The van der Waals surface area contributed by atoms with Crippen LogP contribution in [0.5, 0.6) is 5.75 Å². The highest BCUT2D eigenvalue weighted by Crippen LogP contribution is 2.19. The van der Waals surface area contributed by atoms with Crippen molar-refractivity contribution < 1.29 is 18.3 Å². The van der Waals surface area contributed by atoms with Crippen LogP contribution in [0.15, 0.2) is 24.3 Å². The van der Waals surface area contributed by atoms with Crippen LogP contribution in [0, 0.1) is 6.92 Å². The smallest absolute Gasteiger partial charge is 0.154 e.